The first kappa shape index (κ1) is 12.0. The standard InChI is InChI=1S/C9H8ClF3O2/c1-14-5-3-6(10)8(9(11,12)13)7(4-5)15-2/h3-4H,1-2H3. The Morgan fingerprint density at radius 1 is 1.13 bits per heavy atom. The molecule has 2 nitrogen and oxygen atoms in total. The Morgan fingerprint density at radius 3 is 2.13 bits per heavy atom. The predicted octanol–water partition coefficient (Wildman–Crippen LogP) is 3.38. The van der Waals surface area contributed by atoms with Crippen LogP contribution in [0.4, 0.5) is 13.2 Å². The second kappa shape index (κ2) is 4.18. The molecule has 0 amide bonds. The normalized spacial score (nSPS) is 11.3. The second-order valence-corrected chi connectivity index (χ2v) is 3.09. The van der Waals surface area contributed by atoms with E-state index >= 15 is 0 Å². The third-order valence-corrected chi connectivity index (χ3v) is 2.06. The zero-order valence-corrected chi connectivity index (χ0v) is 8.74. The van der Waals surface area contributed by atoms with Gasteiger partial charge in [0.15, 0.2) is 0 Å². The summed E-state index contributed by atoms with van der Waals surface area (Å²) in [6.45, 7) is 0. The van der Waals surface area contributed by atoms with Gasteiger partial charge in [0.25, 0.3) is 0 Å². The third kappa shape index (κ3) is 2.47. The van der Waals surface area contributed by atoms with Crippen LogP contribution in [0.15, 0.2) is 12.1 Å². The Kier molecular flexibility index (Phi) is 3.34. The van der Waals surface area contributed by atoms with E-state index in [9.17, 15) is 13.2 Å². The zero-order chi connectivity index (χ0) is 11.6. The van der Waals surface area contributed by atoms with E-state index in [4.69, 9.17) is 16.3 Å². The van der Waals surface area contributed by atoms with E-state index < -0.39 is 16.8 Å². The van der Waals surface area contributed by atoms with Crippen molar-refractivity contribution in [3.05, 3.63) is 22.7 Å². The number of halogens is 4. The summed E-state index contributed by atoms with van der Waals surface area (Å²) in [4.78, 5) is 0. The van der Waals surface area contributed by atoms with Gasteiger partial charge in [-0.25, -0.2) is 0 Å². The Labute approximate surface area is 89.6 Å². The van der Waals surface area contributed by atoms with Gasteiger partial charge in [0.05, 0.1) is 19.2 Å². The van der Waals surface area contributed by atoms with E-state index in [0.717, 1.165) is 19.2 Å². The number of alkyl halides is 3. The number of rotatable bonds is 2. The fraction of sp³-hybridized carbons (Fsp3) is 0.333. The molecule has 1 aromatic carbocycles. The molecule has 0 atom stereocenters. The molecule has 6 heteroatoms. The fourth-order valence-electron chi connectivity index (χ4n) is 1.11. The molecule has 0 aromatic heterocycles. The highest BCUT2D eigenvalue weighted by Crippen LogP contribution is 2.43. The monoisotopic (exact) mass is 240 g/mol. The Morgan fingerprint density at radius 2 is 1.73 bits per heavy atom. The van der Waals surface area contributed by atoms with Crippen LogP contribution in [-0.2, 0) is 6.18 Å². The van der Waals surface area contributed by atoms with Crippen LogP contribution in [0.2, 0.25) is 5.02 Å². The second-order valence-electron chi connectivity index (χ2n) is 2.68. The topological polar surface area (TPSA) is 18.5 Å². The van der Waals surface area contributed by atoms with Crippen LogP contribution in [0.5, 0.6) is 11.5 Å². The Balaban J connectivity index is 3.38. The van der Waals surface area contributed by atoms with Gasteiger partial charge in [0.2, 0.25) is 0 Å². The molecule has 0 radical (unpaired) electrons. The van der Waals surface area contributed by atoms with Crippen LogP contribution in [0, 0.1) is 0 Å². The van der Waals surface area contributed by atoms with Gasteiger partial charge >= 0.3 is 6.18 Å². The lowest BCUT2D eigenvalue weighted by molar-refractivity contribution is -0.138. The highest BCUT2D eigenvalue weighted by atomic mass is 35.5. The van der Waals surface area contributed by atoms with Gasteiger partial charge in [-0.1, -0.05) is 11.6 Å². The van der Waals surface area contributed by atoms with Gasteiger partial charge < -0.3 is 9.47 Å². The van der Waals surface area contributed by atoms with Crippen molar-refractivity contribution >= 4 is 11.6 Å². The van der Waals surface area contributed by atoms with E-state index in [1.807, 2.05) is 0 Å². The number of benzene rings is 1. The Hall–Kier alpha value is -1.10. The summed E-state index contributed by atoms with van der Waals surface area (Å²) in [6.07, 6.45) is -4.55. The molecule has 0 fully saturated rings. The van der Waals surface area contributed by atoms with Crippen molar-refractivity contribution < 1.29 is 22.6 Å². The van der Waals surface area contributed by atoms with Gasteiger partial charge in [-0.15, -0.1) is 0 Å². The molecule has 0 saturated heterocycles. The molecular formula is C9H8ClF3O2. The van der Waals surface area contributed by atoms with E-state index in [-0.39, 0.29) is 11.5 Å². The molecule has 0 spiro atoms. The molecule has 0 saturated carbocycles. The van der Waals surface area contributed by atoms with E-state index in [1.165, 1.54) is 7.11 Å². The van der Waals surface area contributed by atoms with Gasteiger partial charge in [0, 0.05) is 6.07 Å². The first-order chi connectivity index (χ1) is 6.90. The van der Waals surface area contributed by atoms with Crippen LogP contribution in [-0.4, -0.2) is 14.2 Å². The molecule has 0 N–H and O–H groups in total. The highest BCUT2D eigenvalue weighted by molar-refractivity contribution is 6.31. The van der Waals surface area contributed by atoms with Crippen molar-refractivity contribution in [3.63, 3.8) is 0 Å². The molecule has 0 unspecified atom stereocenters. The average Bonchev–Trinajstić information content (AvgIpc) is 2.14. The smallest absolute Gasteiger partial charge is 0.421 e. The molecule has 1 aromatic rings. The molecule has 0 aliphatic heterocycles. The van der Waals surface area contributed by atoms with E-state index in [1.54, 1.807) is 0 Å². The van der Waals surface area contributed by atoms with Gasteiger partial charge in [-0.3, -0.25) is 0 Å². The van der Waals surface area contributed by atoms with Crippen LogP contribution < -0.4 is 9.47 Å². The SMILES string of the molecule is COc1cc(Cl)c(C(F)(F)F)c(OC)c1. The van der Waals surface area contributed by atoms with Crippen molar-refractivity contribution in [2.24, 2.45) is 0 Å². The minimum atomic E-state index is -4.55. The van der Waals surface area contributed by atoms with Crippen molar-refractivity contribution in [1.82, 2.24) is 0 Å². The molecule has 0 bridgehead atoms. The minimum Gasteiger partial charge on any atom is -0.497 e. The summed E-state index contributed by atoms with van der Waals surface area (Å²) in [5, 5.41) is -0.446. The molecule has 15 heavy (non-hydrogen) atoms. The van der Waals surface area contributed by atoms with Crippen LogP contribution in [0.1, 0.15) is 5.56 Å². The fourth-order valence-corrected chi connectivity index (χ4v) is 1.42. The van der Waals surface area contributed by atoms with Crippen LogP contribution in [0.25, 0.3) is 0 Å². The lowest BCUT2D eigenvalue weighted by Crippen LogP contribution is -2.08. The maximum absolute atomic E-state index is 12.5. The molecule has 84 valence electrons. The number of hydrogen-bond donors (Lipinski definition) is 0. The summed E-state index contributed by atoms with van der Waals surface area (Å²) in [5.41, 5.74) is -0.993. The van der Waals surface area contributed by atoms with Gasteiger partial charge in [-0.05, 0) is 6.07 Å². The average molecular weight is 241 g/mol. The van der Waals surface area contributed by atoms with Crippen molar-refractivity contribution in [2.75, 3.05) is 14.2 Å². The summed E-state index contributed by atoms with van der Waals surface area (Å²) < 4.78 is 47.0. The molecule has 0 aliphatic carbocycles. The Bertz CT molecular complexity index is 363. The van der Waals surface area contributed by atoms with Crippen molar-refractivity contribution in [2.45, 2.75) is 6.18 Å². The molecule has 0 aliphatic rings. The first-order valence-corrected chi connectivity index (χ1v) is 4.26. The molecule has 1 rings (SSSR count). The summed E-state index contributed by atoms with van der Waals surface area (Å²) >= 11 is 5.50. The molecular weight excluding hydrogens is 233 g/mol. The lowest BCUT2D eigenvalue weighted by Gasteiger charge is -2.14. The lowest BCUT2D eigenvalue weighted by atomic mass is 10.2. The largest absolute Gasteiger partial charge is 0.497 e. The first-order valence-electron chi connectivity index (χ1n) is 3.89. The van der Waals surface area contributed by atoms with Gasteiger partial charge in [0.1, 0.15) is 17.1 Å². The number of methoxy groups -OCH3 is 2. The zero-order valence-electron chi connectivity index (χ0n) is 7.98. The summed E-state index contributed by atoms with van der Waals surface area (Å²) in [5.74, 6) is -0.142. The van der Waals surface area contributed by atoms with Crippen LogP contribution in [0.3, 0.4) is 0 Å². The van der Waals surface area contributed by atoms with Crippen LogP contribution >= 0.6 is 11.6 Å². The van der Waals surface area contributed by atoms with Crippen molar-refractivity contribution in [1.29, 1.82) is 0 Å². The number of ether oxygens (including phenoxy) is 2. The maximum Gasteiger partial charge on any atom is 0.421 e. The minimum absolute atomic E-state index is 0.213. The number of hydrogen-bond acceptors (Lipinski definition) is 2. The summed E-state index contributed by atoms with van der Waals surface area (Å²) in [7, 11) is 2.47. The quantitative estimate of drug-likeness (QED) is 0.789. The maximum atomic E-state index is 12.5. The van der Waals surface area contributed by atoms with Gasteiger partial charge in [-0.2, -0.15) is 13.2 Å². The predicted molar refractivity (Wildman–Crippen MR) is 49.6 cm³/mol. The van der Waals surface area contributed by atoms with E-state index in [2.05, 4.69) is 4.74 Å². The van der Waals surface area contributed by atoms with Crippen molar-refractivity contribution in [3.8, 4) is 11.5 Å². The molecule has 0 heterocycles. The summed E-state index contributed by atoms with van der Waals surface area (Å²) in [6, 6.07) is 2.22. The van der Waals surface area contributed by atoms with E-state index in [0.29, 0.717) is 0 Å². The third-order valence-electron chi connectivity index (χ3n) is 1.77. The highest BCUT2D eigenvalue weighted by Gasteiger charge is 2.37.